The number of aryl methyl sites for hydroxylation is 1. The van der Waals surface area contributed by atoms with Crippen molar-refractivity contribution in [1.29, 1.82) is 0 Å². The van der Waals surface area contributed by atoms with Gasteiger partial charge in [0.15, 0.2) is 0 Å². The van der Waals surface area contributed by atoms with Gasteiger partial charge in [0.1, 0.15) is 17.8 Å². The molecular weight excluding hydrogens is 368 g/mol. The van der Waals surface area contributed by atoms with E-state index in [1.165, 1.54) is 6.33 Å². The van der Waals surface area contributed by atoms with E-state index in [2.05, 4.69) is 45.7 Å². The predicted octanol–water partition coefficient (Wildman–Crippen LogP) is 3.33. The van der Waals surface area contributed by atoms with E-state index in [9.17, 15) is 4.79 Å². The number of hydrogen-bond donors (Lipinski definition) is 1. The monoisotopic (exact) mass is 396 g/mol. The Bertz CT molecular complexity index is 1030. The van der Waals surface area contributed by atoms with Crippen LogP contribution >= 0.6 is 0 Å². The molecule has 1 aliphatic heterocycles. The lowest BCUT2D eigenvalue weighted by Gasteiger charge is -2.13. The Kier molecular flexibility index (Phi) is 5.36. The first kappa shape index (κ1) is 19.6. The molecule has 8 nitrogen and oxygen atoms in total. The summed E-state index contributed by atoms with van der Waals surface area (Å²) in [6.07, 6.45) is 7.25. The molecule has 1 N–H and O–H groups in total. The summed E-state index contributed by atoms with van der Waals surface area (Å²) in [5.74, 6) is 0.772. The van der Waals surface area contributed by atoms with E-state index >= 15 is 0 Å². The van der Waals surface area contributed by atoms with Gasteiger partial charge in [-0.25, -0.2) is 9.97 Å². The number of rotatable bonds is 6. The molecule has 4 rings (SSSR count). The fourth-order valence-electron chi connectivity index (χ4n) is 3.91. The van der Waals surface area contributed by atoms with Gasteiger partial charge < -0.3 is 14.6 Å². The van der Waals surface area contributed by atoms with Gasteiger partial charge in [-0.3, -0.25) is 9.48 Å². The van der Waals surface area contributed by atoms with Crippen LogP contribution in [0.2, 0.25) is 0 Å². The van der Waals surface area contributed by atoms with Crippen LogP contribution in [0.4, 0.5) is 5.82 Å². The second kappa shape index (κ2) is 7.94. The average Bonchev–Trinajstić information content (AvgIpc) is 3.40. The molecule has 0 aliphatic carbocycles. The van der Waals surface area contributed by atoms with E-state index in [1.807, 2.05) is 6.92 Å². The lowest BCUT2D eigenvalue weighted by Crippen LogP contribution is -2.16. The average molecular weight is 396 g/mol. The van der Waals surface area contributed by atoms with Gasteiger partial charge >= 0.3 is 0 Å². The number of carbonyl (C=O) groups is 1. The molecular formula is C21H28N6O2. The Morgan fingerprint density at radius 1 is 1.34 bits per heavy atom. The molecule has 1 unspecified atom stereocenters. The topological polar surface area (TPSA) is 86.9 Å². The van der Waals surface area contributed by atoms with Crippen molar-refractivity contribution in [2.75, 3.05) is 11.9 Å². The predicted molar refractivity (Wildman–Crippen MR) is 111 cm³/mol. The minimum Gasteiger partial charge on any atom is -0.376 e. The molecule has 8 heteroatoms. The van der Waals surface area contributed by atoms with E-state index in [4.69, 9.17) is 4.74 Å². The molecule has 1 atom stereocenters. The summed E-state index contributed by atoms with van der Waals surface area (Å²) in [6.45, 7) is 10.7. The first-order valence-electron chi connectivity index (χ1n) is 10.2. The van der Waals surface area contributed by atoms with Crippen molar-refractivity contribution in [3.05, 3.63) is 35.5 Å². The second-order valence-electron chi connectivity index (χ2n) is 8.18. The van der Waals surface area contributed by atoms with Crippen LogP contribution < -0.4 is 5.32 Å². The molecule has 0 saturated carbocycles. The molecule has 4 heterocycles. The van der Waals surface area contributed by atoms with Crippen LogP contribution in [0, 0.1) is 19.8 Å². The Labute approximate surface area is 170 Å². The van der Waals surface area contributed by atoms with Gasteiger partial charge in [0.2, 0.25) is 0 Å². The molecule has 1 saturated heterocycles. The van der Waals surface area contributed by atoms with Crippen molar-refractivity contribution in [2.24, 2.45) is 5.92 Å². The van der Waals surface area contributed by atoms with Gasteiger partial charge in [0.05, 0.1) is 29.8 Å². The lowest BCUT2D eigenvalue weighted by molar-refractivity contribution is 0.0974. The molecule has 0 radical (unpaired) electrons. The third kappa shape index (κ3) is 3.89. The van der Waals surface area contributed by atoms with Crippen molar-refractivity contribution in [2.45, 2.75) is 59.7 Å². The van der Waals surface area contributed by atoms with E-state index in [-0.39, 0.29) is 12.0 Å². The van der Waals surface area contributed by atoms with Gasteiger partial charge in [-0.15, -0.1) is 0 Å². The van der Waals surface area contributed by atoms with Crippen LogP contribution in [-0.4, -0.2) is 42.9 Å². The van der Waals surface area contributed by atoms with Gasteiger partial charge in [-0.05, 0) is 38.2 Å². The maximum absolute atomic E-state index is 12.8. The third-order valence-corrected chi connectivity index (χ3v) is 5.50. The first-order chi connectivity index (χ1) is 13.9. The van der Waals surface area contributed by atoms with E-state index in [1.54, 1.807) is 17.1 Å². The molecule has 1 aliphatic rings. The van der Waals surface area contributed by atoms with Crippen molar-refractivity contribution >= 4 is 22.8 Å². The fourth-order valence-corrected chi connectivity index (χ4v) is 3.91. The van der Waals surface area contributed by atoms with Crippen LogP contribution in [0.5, 0.6) is 0 Å². The summed E-state index contributed by atoms with van der Waals surface area (Å²) in [5.41, 5.74) is 3.54. The number of nitrogens with zero attached hydrogens (tertiary/aromatic N) is 5. The Balaban J connectivity index is 1.62. The molecule has 0 aromatic carbocycles. The van der Waals surface area contributed by atoms with Crippen molar-refractivity contribution in [3.63, 3.8) is 0 Å². The van der Waals surface area contributed by atoms with Crippen molar-refractivity contribution < 1.29 is 9.53 Å². The van der Waals surface area contributed by atoms with Crippen LogP contribution in [0.1, 0.15) is 48.3 Å². The second-order valence-corrected chi connectivity index (χ2v) is 8.18. The minimum atomic E-state index is -0.219. The summed E-state index contributed by atoms with van der Waals surface area (Å²) in [7, 11) is 0. The van der Waals surface area contributed by atoms with E-state index in [0.29, 0.717) is 17.3 Å². The van der Waals surface area contributed by atoms with Crippen LogP contribution in [0.3, 0.4) is 0 Å². The van der Waals surface area contributed by atoms with Crippen LogP contribution in [0.15, 0.2) is 18.7 Å². The zero-order valence-corrected chi connectivity index (χ0v) is 17.5. The summed E-state index contributed by atoms with van der Waals surface area (Å²) >= 11 is 0. The highest BCUT2D eigenvalue weighted by molar-refractivity contribution is 6.07. The summed E-state index contributed by atoms with van der Waals surface area (Å²) < 4.78 is 9.78. The maximum Gasteiger partial charge on any atom is 0.260 e. The van der Waals surface area contributed by atoms with Crippen LogP contribution in [-0.2, 0) is 17.8 Å². The SMILES string of the molecule is Cc1c(C)n(CC2CCCO2)c2ncnc(NC(=O)c3cnn(CC(C)C)c3)c12. The molecule has 154 valence electrons. The quantitative estimate of drug-likeness (QED) is 0.691. The highest BCUT2D eigenvalue weighted by Crippen LogP contribution is 2.30. The summed E-state index contributed by atoms with van der Waals surface area (Å²) in [6, 6.07) is 0. The number of hydrogen-bond acceptors (Lipinski definition) is 5. The van der Waals surface area contributed by atoms with Gasteiger partial charge in [0.25, 0.3) is 5.91 Å². The number of anilines is 1. The first-order valence-corrected chi connectivity index (χ1v) is 10.2. The van der Waals surface area contributed by atoms with E-state index in [0.717, 1.165) is 54.8 Å². The molecule has 3 aromatic rings. The Morgan fingerprint density at radius 2 is 2.17 bits per heavy atom. The third-order valence-electron chi connectivity index (χ3n) is 5.50. The summed E-state index contributed by atoms with van der Waals surface area (Å²) in [4.78, 5) is 21.7. The van der Waals surface area contributed by atoms with Gasteiger partial charge in [0, 0.05) is 25.0 Å². The zero-order chi connectivity index (χ0) is 20.5. The Morgan fingerprint density at radius 3 is 2.90 bits per heavy atom. The minimum absolute atomic E-state index is 0.212. The standard InChI is InChI=1S/C21H28N6O2/c1-13(2)9-26-10-16(8-24-26)21(28)25-19-18-14(3)15(4)27(20(18)23-12-22-19)11-17-6-5-7-29-17/h8,10,12-13,17H,5-7,9,11H2,1-4H3,(H,22,23,25,28). The fraction of sp³-hybridized carbons (Fsp3) is 0.524. The Hall–Kier alpha value is -2.74. The van der Waals surface area contributed by atoms with Gasteiger partial charge in [-0.1, -0.05) is 13.8 Å². The molecule has 1 amide bonds. The highest BCUT2D eigenvalue weighted by atomic mass is 16.5. The molecule has 0 spiro atoms. The molecule has 29 heavy (non-hydrogen) atoms. The number of ether oxygens (including phenoxy) is 1. The number of carbonyl (C=O) groups excluding carboxylic acids is 1. The molecule has 1 fully saturated rings. The van der Waals surface area contributed by atoms with Crippen LogP contribution in [0.25, 0.3) is 11.0 Å². The van der Waals surface area contributed by atoms with E-state index < -0.39 is 0 Å². The largest absolute Gasteiger partial charge is 0.376 e. The number of nitrogens with one attached hydrogen (secondary N) is 1. The lowest BCUT2D eigenvalue weighted by atomic mass is 10.2. The smallest absolute Gasteiger partial charge is 0.260 e. The highest BCUT2D eigenvalue weighted by Gasteiger charge is 2.22. The molecule has 3 aromatic heterocycles. The number of amides is 1. The van der Waals surface area contributed by atoms with Crippen molar-refractivity contribution in [3.8, 4) is 0 Å². The van der Waals surface area contributed by atoms with Gasteiger partial charge in [-0.2, -0.15) is 5.10 Å². The number of fused-ring (bicyclic) bond motifs is 1. The zero-order valence-electron chi connectivity index (χ0n) is 17.5. The number of aromatic nitrogens is 5. The summed E-state index contributed by atoms with van der Waals surface area (Å²) in [5, 5.41) is 8.11. The molecule has 0 bridgehead atoms. The van der Waals surface area contributed by atoms with Crippen molar-refractivity contribution in [1.82, 2.24) is 24.3 Å². The maximum atomic E-state index is 12.8. The normalized spacial score (nSPS) is 16.8.